The van der Waals surface area contributed by atoms with Crippen molar-refractivity contribution in [3.8, 4) is 0 Å². The van der Waals surface area contributed by atoms with Crippen molar-refractivity contribution in [3.05, 3.63) is 63.6 Å². The summed E-state index contributed by atoms with van der Waals surface area (Å²) < 4.78 is 26.2. The van der Waals surface area contributed by atoms with Crippen molar-refractivity contribution in [1.82, 2.24) is 10.2 Å². The molecule has 0 heterocycles. The van der Waals surface area contributed by atoms with Gasteiger partial charge in [-0.1, -0.05) is 55.2 Å². The zero-order chi connectivity index (χ0) is 27.2. The Morgan fingerprint density at radius 2 is 1.69 bits per heavy atom. The van der Waals surface area contributed by atoms with E-state index in [1.54, 1.807) is 31.2 Å². The summed E-state index contributed by atoms with van der Waals surface area (Å²) in [6.07, 6.45) is 0.972. The predicted molar refractivity (Wildman–Crippen MR) is 143 cm³/mol. The summed E-state index contributed by atoms with van der Waals surface area (Å²) in [5.74, 6) is -1.05. The molecule has 0 saturated heterocycles. The first kappa shape index (κ1) is 29.6. The van der Waals surface area contributed by atoms with Crippen molar-refractivity contribution in [2.45, 2.75) is 40.3 Å². The monoisotopic (exact) mass is 555 g/mol. The van der Waals surface area contributed by atoms with Gasteiger partial charge in [0.15, 0.2) is 5.78 Å². The zero-order valence-electron chi connectivity index (χ0n) is 20.9. The fraction of sp³-hybridized carbons (Fsp3) is 0.400. The SMILES string of the molecule is CC(=O)c1cccc(N(CC(=O)N(Cc2ccc(Cl)cc2Cl)C(C)C(=O)NCC(C)C)S(C)(=O)=O)c1. The number of nitrogens with zero attached hydrogens (tertiary/aromatic N) is 2. The Morgan fingerprint density at radius 1 is 1.03 bits per heavy atom. The van der Waals surface area contributed by atoms with Crippen molar-refractivity contribution < 1.29 is 22.8 Å². The average molecular weight is 557 g/mol. The molecule has 1 atom stereocenters. The van der Waals surface area contributed by atoms with Crippen LogP contribution in [0.25, 0.3) is 0 Å². The Morgan fingerprint density at radius 3 is 2.25 bits per heavy atom. The van der Waals surface area contributed by atoms with Crippen molar-refractivity contribution in [3.63, 3.8) is 0 Å². The molecule has 0 aromatic heterocycles. The highest BCUT2D eigenvalue weighted by molar-refractivity contribution is 7.92. The number of rotatable bonds is 11. The quantitative estimate of drug-likeness (QED) is 0.419. The molecule has 0 bridgehead atoms. The van der Waals surface area contributed by atoms with Crippen molar-refractivity contribution >= 4 is 56.5 Å². The number of benzene rings is 2. The van der Waals surface area contributed by atoms with E-state index in [1.165, 1.54) is 30.0 Å². The second-order valence-electron chi connectivity index (χ2n) is 8.95. The molecule has 0 spiro atoms. The third-order valence-corrected chi connectivity index (χ3v) is 7.16. The Bertz CT molecular complexity index is 1230. The standard InChI is InChI=1S/C25H31Cl2N3O5S/c1-16(2)13-28-25(33)17(3)29(14-20-9-10-21(26)12-23(20)27)24(32)15-30(36(5,34)35)22-8-6-7-19(11-22)18(4)31/h6-12,16-17H,13-15H2,1-5H3,(H,28,33). The molecule has 2 aromatic rings. The van der Waals surface area contributed by atoms with Gasteiger partial charge in [0.1, 0.15) is 12.6 Å². The van der Waals surface area contributed by atoms with Crippen LogP contribution >= 0.6 is 23.2 Å². The number of hydrogen-bond donors (Lipinski definition) is 1. The number of Topliss-reactive ketones (excluding diaryl/α,β-unsaturated/α-hetero) is 1. The lowest BCUT2D eigenvalue weighted by molar-refractivity contribution is -0.139. The van der Waals surface area contributed by atoms with E-state index in [1.807, 2.05) is 13.8 Å². The third kappa shape index (κ3) is 8.21. The second kappa shape index (κ2) is 12.6. The van der Waals surface area contributed by atoms with Crippen LogP contribution in [0.4, 0.5) is 5.69 Å². The zero-order valence-corrected chi connectivity index (χ0v) is 23.2. The molecule has 0 aliphatic rings. The van der Waals surface area contributed by atoms with Gasteiger partial charge in [-0.2, -0.15) is 0 Å². The summed E-state index contributed by atoms with van der Waals surface area (Å²) >= 11 is 12.3. The van der Waals surface area contributed by atoms with Crippen LogP contribution in [-0.2, 0) is 26.2 Å². The molecule has 1 unspecified atom stereocenters. The van der Waals surface area contributed by atoms with Gasteiger partial charge >= 0.3 is 0 Å². The number of hydrogen-bond acceptors (Lipinski definition) is 5. The van der Waals surface area contributed by atoms with Crippen LogP contribution in [0.15, 0.2) is 42.5 Å². The van der Waals surface area contributed by atoms with Gasteiger partial charge < -0.3 is 10.2 Å². The Balaban J connectivity index is 2.44. The number of ketones is 1. The minimum atomic E-state index is -3.91. The van der Waals surface area contributed by atoms with Crippen LogP contribution in [0.5, 0.6) is 0 Å². The molecule has 0 aliphatic carbocycles. The molecule has 196 valence electrons. The molecule has 0 fully saturated rings. The first-order valence-corrected chi connectivity index (χ1v) is 13.9. The topological polar surface area (TPSA) is 104 Å². The summed E-state index contributed by atoms with van der Waals surface area (Å²) in [6.45, 7) is 6.62. The van der Waals surface area contributed by atoms with Crippen LogP contribution in [0, 0.1) is 5.92 Å². The first-order chi connectivity index (χ1) is 16.7. The third-order valence-electron chi connectivity index (χ3n) is 5.43. The number of amides is 2. The second-order valence-corrected chi connectivity index (χ2v) is 11.7. The van der Waals surface area contributed by atoms with Crippen LogP contribution in [0.3, 0.4) is 0 Å². The molecule has 36 heavy (non-hydrogen) atoms. The van der Waals surface area contributed by atoms with Gasteiger partial charge in [-0.25, -0.2) is 8.42 Å². The summed E-state index contributed by atoms with van der Waals surface area (Å²) in [5.41, 5.74) is 1.02. The molecular weight excluding hydrogens is 525 g/mol. The summed E-state index contributed by atoms with van der Waals surface area (Å²) in [6, 6.07) is 9.88. The number of nitrogens with one attached hydrogen (secondary N) is 1. The maximum atomic E-state index is 13.6. The number of sulfonamides is 1. The Hall–Kier alpha value is -2.62. The molecular formula is C25H31Cl2N3O5S. The first-order valence-electron chi connectivity index (χ1n) is 11.3. The molecule has 0 radical (unpaired) electrons. The van der Waals surface area contributed by atoms with Gasteiger partial charge in [0, 0.05) is 28.7 Å². The Kier molecular flexibility index (Phi) is 10.3. The van der Waals surface area contributed by atoms with E-state index in [0.717, 1.165) is 10.6 Å². The van der Waals surface area contributed by atoms with Crippen molar-refractivity contribution in [2.75, 3.05) is 23.7 Å². The van der Waals surface area contributed by atoms with Crippen LogP contribution < -0.4 is 9.62 Å². The van der Waals surface area contributed by atoms with E-state index in [9.17, 15) is 22.8 Å². The summed E-state index contributed by atoms with van der Waals surface area (Å²) in [7, 11) is -3.91. The van der Waals surface area contributed by atoms with Gasteiger partial charge in [-0.15, -0.1) is 0 Å². The lowest BCUT2D eigenvalue weighted by Gasteiger charge is -2.32. The van der Waals surface area contributed by atoms with Gasteiger partial charge in [-0.05, 0) is 49.6 Å². The van der Waals surface area contributed by atoms with Gasteiger partial charge in [0.25, 0.3) is 0 Å². The highest BCUT2D eigenvalue weighted by Crippen LogP contribution is 2.24. The predicted octanol–water partition coefficient (Wildman–Crippen LogP) is 4.15. The maximum absolute atomic E-state index is 13.6. The molecule has 0 aliphatic heterocycles. The molecule has 8 nitrogen and oxygen atoms in total. The van der Waals surface area contributed by atoms with Crippen LogP contribution in [0.1, 0.15) is 43.6 Å². The van der Waals surface area contributed by atoms with E-state index >= 15 is 0 Å². The van der Waals surface area contributed by atoms with E-state index in [4.69, 9.17) is 23.2 Å². The van der Waals surface area contributed by atoms with E-state index < -0.39 is 28.5 Å². The molecule has 2 rings (SSSR count). The van der Waals surface area contributed by atoms with Gasteiger partial charge in [0.2, 0.25) is 21.8 Å². The van der Waals surface area contributed by atoms with E-state index in [0.29, 0.717) is 27.7 Å². The highest BCUT2D eigenvalue weighted by Gasteiger charge is 2.30. The van der Waals surface area contributed by atoms with Gasteiger partial charge in [-0.3, -0.25) is 18.7 Å². The number of carbonyl (C=O) groups excluding carboxylic acids is 3. The van der Waals surface area contributed by atoms with Crippen LogP contribution in [-0.4, -0.2) is 56.3 Å². The number of carbonyl (C=O) groups is 3. The largest absolute Gasteiger partial charge is 0.354 e. The summed E-state index contributed by atoms with van der Waals surface area (Å²) in [4.78, 5) is 39.5. The lowest BCUT2D eigenvalue weighted by Crippen LogP contribution is -2.51. The molecule has 2 amide bonds. The smallest absolute Gasteiger partial charge is 0.244 e. The molecule has 1 N–H and O–H groups in total. The normalized spacial score (nSPS) is 12.2. The lowest BCUT2D eigenvalue weighted by atomic mass is 10.1. The molecule has 2 aromatic carbocycles. The van der Waals surface area contributed by atoms with Crippen molar-refractivity contribution in [2.24, 2.45) is 5.92 Å². The minimum absolute atomic E-state index is 0.0454. The van der Waals surface area contributed by atoms with Crippen molar-refractivity contribution in [1.29, 1.82) is 0 Å². The minimum Gasteiger partial charge on any atom is -0.354 e. The van der Waals surface area contributed by atoms with E-state index in [-0.39, 0.29) is 29.8 Å². The maximum Gasteiger partial charge on any atom is 0.244 e. The molecule has 0 saturated carbocycles. The van der Waals surface area contributed by atoms with Gasteiger partial charge in [0.05, 0.1) is 11.9 Å². The number of halogens is 2. The fourth-order valence-corrected chi connectivity index (χ4v) is 4.67. The number of anilines is 1. The molecule has 11 heteroatoms. The van der Waals surface area contributed by atoms with Crippen LogP contribution in [0.2, 0.25) is 10.0 Å². The highest BCUT2D eigenvalue weighted by atomic mass is 35.5. The Labute approximate surface area is 222 Å². The van der Waals surface area contributed by atoms with E-state index in [2.05, 4.69) is 5.32 Å². The summed E-state index contributed by atoms with van der Waals surface area (Å²) in [5, 5.41) is 3.53. The average Bonchev–Trinajstić information content (AvgIpc) is 2.79. The fourth-order valence-electron chi connectivity index (χ4n) is 3.36.